The number of nitrogens with zero attached hydrogens (tertiary/aromatic N) is 3. The molecule has 0 radical (unpaired) electrons. The lowest BCUT2D eigenvalue weighted by Crippen LogP contribution is -2.41. The van der Waals surface area contributed by atoms with Crippen LogP contribution in [0.15, 0.2) is 35.2 Å². The minimum atomic E-state index is -4.46. The van der Waals surface area contributed by atoms with Gasteiger partial charge in [-0.05, 0) is 12.1 Å². The lowest BCUT2D eigenvalue weighted by molar-refractivity contribution is 0.0692. The second kappa shape index (κ2) is 7.86. The standard InChI is InChI=1S/C15H16N4O7S/c1-19(14-16-11(25-2)8-12(17-14)26-3)15(22)18-27(23,24)10-7-5-4-6-9(10)13(20)21/h4-8H,1-3H3,(H,18,22)(H,20,21). The molecule has 0 atom stereocenters. The molecule has 0 aliphatic carbocycles. The fourth-order valence-corrected chi connectivity index (χ4v) is 3.14. The van der Waals surface area contributed by atoms with Crippen molar-refractivity contribution in [1.29, 1.82) is 0 Å². The maximum Gasteiger partial charge on any atom is 0.337 e. The van der Waals surface area contributed by atoms with Crippen LogP contribution in [-0.2, 0) is 10.0 Å². The van der Waals surface area contributed by atoms with Crippen molar-refractivity contribution in [2.45, 2.75) is 4.90 Å². The number of urea groups is 1. The van der Waals surface area contributed by atoms with Crippen molar-refractivity contribution in [3.8, 4) is 11.8 Å². The first kappa shape index (κ1) is 19.9. The summed E-state index contributed by atoms with van der Waals surface area (Å²) >= 11 is 0. The Hall–Kier alpha value is -3.41. The first-order valence-electron chi connectivity index (χ1n) is 7.29. The SMILES string of the molecule is COc1cc(OC)nc(N(C)C(=O)NS(=O)(=O)c2ccccc2C(=O)O)n1. The Labute approximate surface area is 154 Å². The average Bonchev–Trinajstić information content (AvgIpc) is 2.66. The van der Waals surface area contributed by atoms with Gasteiger partial charge in [-0.3, -0.25) is 4.90 Å². The first-order chi connectivity index (χ1) is 12.7. The molecular formula is C15H16N4O7S. The van der Waals surface area contributed by atoms with E-state index in [1.54, 1.807) is 4.72 Å². The molecule has 0 fully saturated rings. The number of benzene rings is 1. The van der Waals surface area contributed by atoms with E-state index in [9.17, 15) is 18.0 Å². The summed E-state index contributed by atoms with van der Waals surface area (Å²) < 4.78 is 36.6. The van der Waals surface area contributed by atoms with Crippen LogP contribution in [0, 0.1) is 0 Å². The summed E-state index contributed by atoms with van der Waals surface area (Å²) in [6, 6.07) is 5.16. The topological polar surface area (TPSA) is 148 Å². The molecular weight excluding hydrogens is 380 g/mol. The molecule has 2 N–H and O–H groups in total. The number of aromatic carboxylic acids is 1. The number of carboxylic acids is 1. The second-order valence-corrected chi connectivity index (χ2v) is 6.67. The molecule has 0 spiro atoms. The largest absolute Gasteiger partial charge is 0.481 e. The van der Waals surface area contributed by atoms with Crippen LogP contribution >= 0.6 is 0 Å². The molecule has 0 aliphatic heterocycles. The molecule has 1 heterocycles. The molecule has 1 aromatic carbocycles. The van der Waals surface area contributed by atoms with Crippen LogP contribution in [-0.4, -0.2) is 56.8 Å². The lowest BCUT2D eigenvalue weighted by Gasteiger charge is -2.17. The molecule has 2 rings (SSSR count). The van der Waals surface area contributed by atoms with Gasteiger partial charge in [0, 0.05) is 7.05 Å². The van der Waals surface area contributed by atoms with Gasteiger partial charge < -0.3 is 14.6 Å². The van der Waals surface area contributed by atoms with Crippen LogP contribution in [0.2, 0.25) is 0 Å². The molecule has 0 bridgehead atoms. The predicted octanol–water partition coefficient (Wildman–Crippen LogP) is 0.727. The van der Waals surface area contributed by atoms with E-state index in [1.165, 1.54) is 39.5 Å². The molecule has 144 valence electrons. The Kier molecular flexibility index (Phi) is 5.80. The number of ether oxygens (including phenoxy) is 2. The number of aromatic nitrogens is 2. The van der Waals surface area contributed by atoms with Gasteiger partial charge in [0.2, 0.25) is 17.7 Å². The lowest BCUT2D eigenvalue weighted by atomic mass is 10.2. The molecule has 0 unspecified atom stereocenters. The normalized spacial score (nSPS) is 10.8. The number of nitrogens with one attached hydrogen (secondary N) is 1. The van der Waals surface area contributed by atoms with Gasteiger partial charge in [0.25, 0.3) is 10.0 Å². The van der Waals surface area contributed by atoms with Gasteiger partial charge in [-0.2, -0.15) is 9.97 Å². The van der Waals surface area contributed by atoms with Gasteiger partial charge >= 0.3 is 12.0 Å². The number of sulfonamides is 1. The fourth-order valence-electron chi connectivity index (χ4n) is 1.96. The smallest absolute Gasteiger partial charge is 0.337 e. The monoisotopic (exact) mass is 396 g/mol. The van der Waals surface area contributed by atoms with Gasteiger partial charge in [-0.1, -0.05) is 12.1 Å². The van der Waals surface area contributed by atoms with Gasteiger partial charge in [0.1, 0.15) is 4.90 Å². The highest BCUT2D eigenvalue weighted by Crippen LogP contribution is 2.20. The average molecular weight is 396 g/mol. The van der Waals surface area contributed by atoms with E-state index in [1.807, 2.05) is 0 Å². The number of hydrogen-bond acceptors (Lipinski definition) is 8. The number of carbonyl (C=O) groups excluding carboxylic acids is 1. The molecule has 0 saturated carbocycles. The molecule has 0 aliphatic rings. The quantitative estimate of drug-likeness (QED) is 0.720. The molecule has 27 heavy (non-hydrogen) atoms. The predicted molar refractivity (Wildman–Crippen MR) is 92.7 cm³/mol. The molecule has 2 amide bonds. The van der Waals surface area contributed by atoms with Crippen LogP contribution in [0.5, 0.6) is 11.8 Å². The molecule has 0 saturated heterocycles. The van der Waals surface area contributed by atoms with Crippen molar-refractivity contribution < 1.29 is 32.6 Å². The first-order valence-corrected chi connectivity index (χ1v) is 8.77. The van der Waals surface area contributed by atoms with Crippen molar-refractivity contribution in [3.63, 3.8) is 0 Å². The van der Waals surface area contributed by atoms with E-state index in [-0.39, 0.29) is 17.7 Å². The van der Waals surface area contributed by atoms with E-state index >= 15 is 0 Å². The number of anilines is 1. The number of methoxy groups -OCH3 is 2. The molecule has 11 nitrogen and oxygen atoms in total. The summed E-state index contributed by atoms with van der Waals surface area (Å²) in [4.78, 5) is 31.7. The van der Waals surface area contributed by atoms with Crippen molar-refractivity contribution >= 4 is 28.0 Å². The van der Waals surface area contributed by atoms with Crippen molar-refractivity contribution in [3.05, 3.63) is 35.9 Å². The maximum absolute atomic E-state index is 12.4. The van der Waals surface area contributed by atoms with Gasteiger partial charge in [-0.25, -0.2) is 22.7 Å². The number of amides is 2. The fraction of sp³-hybridized carbons (Fsp3) is 0.200. The van der Waals surface area contributed by atoms with E-state index in [4.69, 9.17) is 14.6 Å². The van der Waals surface area contributed by atoms with Crippen LogP contribution in [0.25, 0.3) is 0 Å². The van der Waals surface area contributed by atoms with Crippen molar-refractivity contribution in [1.82, 2.24) is 14.7 Å². The van der Waals surface area contributed by atoms with Crippen LogP contribution in [0.3, 0.4) is 0 Å². The highest BCUT2D eigenvalue weighted by Gasteiger charge is 2.26. The minimum absolute atomic E-state index is 0.0931. The number of carboxylic acid groups (broad SMARTS) is 1. The van der Waals surface area contributed by atoms with E-state index in [0.29, 0.717) is 0 Å². The molecule has 2 aromatic rings. The van der Waals surface area contributed by atoms with Gasteiger partial charge in [0.15, 0.2) is 0 Å². The van der Waals surface area contributed by atoms with Gasteiger partial charge in [-0.15, -0.1) is 0 Å². The molecule has 1 aromatic heterocycles. The summed E-state index contributed by atoms with van der Waals surface area (Å²) in [5.41, 5.74) is -0.472. The third-order valence-electron chi connectivity index (χ3n) is 3.32. The maximum atomic E-state index is 12.4. The number of rotatable bonds is 6. The number of carbonyl (C=O) groups is 2. The van der Waals surface area contributed by atoms with E-state index < -0.39 is 32.5 Å². The Morgan fingerprint density at radius 3 is 2.19 bits per heavy atom. The molecule has 12 heteroatoms. The Bertz CT molecular complexity index is 956. The zero-order valence-electron chi connectivity index (χ0n) is 14.5. The summed E-state index contributed by atoms with van der Waals surface area (Å²) in [6.07, 6.45) is 0. The zero-order chi connectivity index (χ0) is 20.2. The van der Waals surface area contributed by atoms with Crippen molar-refractivity contribution in [2.24, 2.45) is 0 Å². The van der Waals surface area contributed by atoms with Crippen LogP contribution in [0.1, 0.15) is 10.4 Å². The van der Waals surface area contributed by atoms with Crippen LogP contribution < -0.4 is 19.1 Å². The third-order valence-corrected chi connectivity index (χ3v) is 4.70. The number of hydrogen-bond donors (Lipinski definition) is 2. The van der Waals surface area contributed by atoms with Crippen molar-refractivity contribution in [2.75, 3.05) is 26.2 Å². The second-order valence-electron chi connectivity index (χ2n) is 5.02. The Morgan fingerprint density at radius 1 is 1.11 bits per heavy atom. The third kappa shape index (κ3) is 4.41. The van der Waals surface area contributed by atoms with E-state index in [0.717, 1.165) is 17.0 Å². The highest BCUT2D eigenvalue weighted by molar-refractivity contribution is 7.90. The Balaban J connectivity index is 2.33. The summed E-state index contributed by atoms with van der Waals surface area (Å²) in [7, 11) is -0.543. The van der Waals surface area contributed by atoms with Gasteiger partial charge in [0.05, 0.1) is 25.8 Å². The van der Waals surface area contributed by atoms with Crippen LogP contribution in [0.4, 0.5) is 10.7 Å². The minimum Gasteiger partial charge on any atom is -0.481 e. The van der Waals surface area contributed by atoms with E-state index in [2.05, 4.69) is 9.97 Å². The summed E-state index contributed by atoms with van der Waals surface area (Å²) in [5.74, 6) is -1.45. The summed E-state index contributed by atoms with van der Waals surface area (Å²) in [6.45, 7) is 0. The Morgan fingerprint density at radius 2 is 1.67 bits per heavy atom. The highest BCUT2D eigenvalue weighted by atomic mass is 32.2. The zero-order valence-corrected chi connectivity index (χ0v) is 15.3. The summed E-state index contributed by atoms with van der Waals surface area (Å²) in [5, 5.41) is 9.13.